The second-order valence-corrected chi connectivity index (χ2v) is 10.2. The van der Waals surface area contributed by atoms with E-state index in [4.69, 9.17) is 15.2 Å². The van der Waals surface area contributed by atoms with Crippen molar-refractivity contribution in [2.75, 3.05) is 18.4 Å². The van der Waals surface area contributed by atoms with E-state index in [1.807, 2.05) is 66.7 Å². The molecule has 4 N–H and O–H groups in total. The minimum absolute atomic E-state index is 0.412. The predicted octanol–water partition coefficient (Wildman–Crippen LogP) is 7.05. The molecule has 0 aromatic heterocycles. The topological polar surface area (TPSA) is 85.6 Å². The Morgan fingerprint density at radius 2 is 1.39 bits per heavy atom. The van der Waals surface area contributed by atoms with Crippen molar-refractivity contribution in [2.45, 2.75) is 52.2 Å². The van der Waals surface area contributed by atoms with Crippen LogP contribution < -0.4 is 25.8 Å². The lowest BCUT2D eigenvalue weighted by Gasteiger charge is -2.15. The molecule has 0 fully saturated rings. The maximum atomic E-state index is 11.6. The van der Waals surface area contributed by atoms with Gasteiger partial charge in [0.1, 0.15) is 24.7 Å². The SMILES string of the molecule is CCCCc1cc(OCc2ccccc2)ccc1CCNCCc1ccc(OCc2ccccc2)c(NC(N)=O)c1. The van der Waals surface area contributed by atoms with Gasteiger partial charge in [-0.25, -0.2) is 4.79 Å². The van der Waals surface area contributed by atoms with E-state index in [1.165, 1.54) is 16.7 Å². The van der Waals surface area contributed by atoms with E-state index in [2.05, 4.69) is 47.9 Å². The van der Waals surface area contributed by atoms with Crippen molar-refractivity contribution in [3.05, 3.63) is 125 Å². The number of benzene rings is 4. The molecule has 0 saturated carbocycles. The highest BCUT2D eigenvalue weighted by atomic mass is 16.5. The standard InChI is InChI=1S/C35H41N3O3/c1-2-3-14-31-24-32(40-25-28-10-6-4-7-11-28)17-16-30(31)20-22-37-21-19-27-15-18-34(33(23-27)38-35(36)39)41-26-29-12-8-5-9-13-29/h4-13,15-18,23-24,37H,2-3,14,19-22,25-26H2,1H3,(H3,36,38,39). The number of anilines is 1. The molecular weight excluding hydrogens is 510 g/mol. The van der Waals surface area contributed by atoms with Gasteiger partial charge in [0.25, 0.3) is 0 Å². The zero-order valence-corrected chi connectivity index (χ0v) is 23.9. The second-order valence-electron chi connectivity index (χ2n) is 10.2. The summed E-state index contributed by atoms with van der Waals surface area (Å²) in [5, 5.41) is 6.28. The highest BCUT2D eigenvalue weighted by molar-refractivity contribution is 5.89. The molecule has 4 aromatic carbocycles. The first-order valence-corrected chi connectivity index (χ1v) is 14.5. The van der Waals surface area contributed by atoms with Crippen LogP contribution in [0.1, 0.15) is 47.6 Å². The van der Waals surface area contributed by atoms with Gasteiger partial charge in [-0.2, -0.15) is 0 Å². The summed E-state index contributed by atoms with van der Waals surface area (Å²) in [5.74, 6) is 1.52. The van der Waals surface area contributed by atoms with Crippen LogP contribution in [0, 0.1) is 0 Å². The first-order valence-electron chi connectivity index (χ1n) is 14.5. The first kappa shape index (κ1) is 29.7. The molecule has 2 amide bonds. The molecule has 214 valence electrons. The number of amides is 2. The van der Waals surface area contributed by atoms with E-state index in [0.29, 0.717) is 24.7 Å². The Bertz CT molecular complexity index is 1360. The fraction of sp³-hybridized carbons (Fsp3) is 0.286. The van der Waals surface area contributed by atoms with Crippen LogP contribution in [0.15, 0.2) is 97.1 Å². The molecule has 0 aliphatic carbocycles. The molecule has 0 unspecified atom stereocenters. The third kappa shape index (κ3) is 10.00. The normalized spacial score (nSPS) is 10.8. The van der Waals surface area contributed by atoms with Gasteiger partial charge in [0, 0.05) is 0 Å². The van der Waals surface area contributed by atoms with E-state index < -0.39 is 6.03 Å². The molecule has 0 aliphatic heterocycles. The lowest BCUT2D eigenvalue weighted by molar-refractivity contribution is 0.259. The maximum Gasteiger partial charge on any atom is 0.316 e. The summed E-state index contributed by atoms with van der Waals surface area (Å²) in [4.78, 5) is 11.6. The van der Waals surface area contributed by atoms with Crippen molar-refractivity contribution < 1.29 is 14.3 Å². The van der Waals surface area contributed by atoms with Crippen molar-refractivity contribution in [3.63, 3.8) is 0 Å². The Hall–Kier alpha value is -4.29. The number of nitrogens with two attached hydrogens (primary N) is 1. The van der Waals surface area contributed by atoms with E-state index in [0.717, 1.165) is 62.1 Å². The molecule has 0 heterocycles. The van der Waals surface area contributed by atoms with Crippen LogP contribution in [0.5, 0.6) is 11.5 Å². The molecule has 0 radical (unpaired) electrons. The molecule has 4 rings (SSSR count). The summed E-state index contributed by atoms with van der Waals surface area (Å²) in [6.07, 6.45) is 5.16. The van der Waals surface area contributed by atoms with Crippen LogP contribution in [-0.2, 0) is 32.5 Å². The average Bonchev–Trinajstić information content (AvgIpc) is 2.99. The molecule has 4 aromatic rings. The summed E-state index contributed by atoms with van der Waals surface area (Å²) in [6, 6.07) is 31.9. The predicted molar refractivity (Wildman–Crippen MR) is 167 cm³/mol. The first-order chi connectivity index (χ1) is 20.1. The zero-order valence-electron chi connectivity index (χ0n) is 23.9. The Morgan fingerprint density at radius 3 is 2.07 bits per heavy atom. The van der Waals surface area contributed by atoms with Crippen LogP contribution in [0.3, 0.4) is 0 Å². The van der Waals surface area contributed by atoms with Gasteiger partial charge < -0.3 is 25.8 Å². The molecular formula is C35H41N3O3. The number of ether oxygens (including phenoxy) is 2. The summed E-state index contributed by atoms with van der Waals surface area (Å²) < 4.78 is 12.0. The van der Waals surface area contributed by atoms with Crippen LogP contribution in [0.4, 0.5) is 10.5 Å². The number of aryl methyl sites for hydroxylation is 1. The van der Waals surface area contributed by atoms with Crippen molar-refractivity contribution in [2.24, 2.45) is 5.73 Å². The van der Waals surface area contributed by atoms with Gasteiger partial charge in [-0.1, -0.05) is 86.1 Å². The number of unbranched alkanes of at least 4 members (excludes halogenated alkanes) is 1. The van der Waals surface area contributed by atoms with E-state index in [-0.39, 0.29) is 0 Å². The summed E-state index contributed by atoms with van der Waals surface area (Å²) in [6.45, 7) is 4.92. The van der Waals surface area contributed by atoms with Crippen molar-refractivity contribution in [1.82, 2.24) is 5.32 Å². The van der Waals surface area contributed by atoms with Crippen molar-refractivity contribution >= 4 is 11.7 Å². The second kappa shape index (κ2) is 16.1. The number of hydrogen-bond acceptors (Lipinski definition) is 4. The Balaban J connectivity index is 1.28. The number of primary amides is 1. The van der Waals surface area contributed by atoms with Gasteiger partial charge in [-0.05, 0) is 90.9 Å². The quantitative estimate of drug-likeness (QED) is 0.130. The monoisotopic (exact) mass is 551 g/mol. The summed E-state index contributed by atoms with van der Waals surface area (Å²) in [5.41, 5.74) is 12.1. The minimum atomic E-state index is -0.611. The third-order valence-corrected chi connectivity index (χ3v) is 6.93. The Labute approximate surface area is 243 Å². The minimum Gasteiger partial charge on any atom is -0.489 e. The van der Waals surface area contributed by atoms with Crippen molar-refractivity contribution in [1.29, 1.82) is 0 Å². The lowest BCUT2D eigenvalue weighted by atomic mass is 9.99. The summed E-state index contributed by atoms with van der Waals surface area (Å²) >= 11 is 0. The van der Waals surface area contributed by atoms with Gasteiger partial charge in [-0.15, -0.1) is 0 Å². The number of carbonyl (C=O) groups excluding carboxylic acids is 1. The third-order valence-electron chi connectivity index (χ3n) is 6.93. The largest absolute Gasteiger partial charge is 0.489 e. The highest BCUT2D eigenvalue weighted by Gasteiger charge is 2.09. The molecule has 0 atom stereocenters. The Kier molecular flexibility index (Phi) is 11.7. The molecule has 0 saturated heterocycles. The van der Waals surface area contributed by atoms with E-state index >= 15 is 0 Å². The number of rotatable bonds is 16. The fourth-order valence-electron chi connectivity index (χ4n) is 4.68. The summed E-state index contributed by atoms with van der Waals surface area (Å²) in [7, 11) is 0. The number of nitrogens with one attached hydrogen (secondary N) is 2. The maximum absolute atomic E-state index is 11.6. The molecule has 0 spiro atoms. The smallest absolute Gasteiger partial charge is 0.316 e. The van der Waals surface area contributed by atoms with Crippen LogP contribution in [0.2, 0.25) is 0 Å². The average molecular weight is 552 g/mol. The molecule has 0 bridgehead atoms. The highest BCUT2D eigenvalue weighted by Crippen LogP contribution is 2.27. The van der Waals surface area contributed by atoms with Gasteiger partial charge in [0.15, 0.2) is 0 Å². The number of carbonyl (C=O) groups is 1. The van der Waals surface area contributed by atoms with Crippen LogP contribution in [-0.4, -0.2) is 19.1 Å². The number of urea groups is 1. The molecule has 6 heteroatoms. The van der Waals surface area contributed by atoms with Crippen LogP contribution >= 0.6 is 0 Å². The van der Waals surface area contributed by atoms with E-state index in [9.17, 15) is 4.79 Å². The fourth-order valence-corrected chi connectivity index (χ4v) is 4.68. The number of hydrogen-bond donors (Lipinski definition) is 3. The zero-order chi connectivity index (χ0) is 28.7. The molecule has 6 nitrogen and oxygen atoms in total. The van der Waals surface area contributed by atoms with Crippen molar-refractivity contribution in [3.8, 4) is 11.5 Å². The van der Waals surface area contributed by atoms with E-state index in [1.54, 1.807) is 0 Å². The molecule has 0 aliphatic rings. The van der Waals surface area contributed by atoms with Gasteiger partial charge in [-0.3, -0.25) is 0 Å². The molecule has 41 heavy (non-hydrogen) atoms. The van der Waals surface area contributed by atoms with Crippen LogP contribution in [0.25, 0.3) is 0 Å². The van der Waals surface area contributed by atoms with Gasteiger partial charge in [0.05, 0.1) is 5.69 Å². The lowest BCUT2D eigenvalue weighted by Crippen LogP contribution is -2.21. The Morgan fingerprint density at radius 1 is 0.707 bits per heavy atom. The van der Waals surface area contributed by atoms with Gasteiger partial charge >= 0.3 is 6.03 Å². The van der Waals surface area contributed by atoms with Gasteiger partial charge in [0.2, 0.25) is 0 Å².